The summed E-state index contributed by atoms with van der Waals surface area (Å²) in [5.41, 5.74) is 4.21. The standard InChI is InChI=1S/C26H20N2O2/c1-27-19-8-2-5-11-23(19)29-26-17-15-18(14-16-20(26)27)28-21-9-3-6-12-24(21)30-25-13-7-4-10-22(25)28/h2-18H,1H3. The van der Waals surface area contributed by atoms with Gasteiger partial charge in [0.25, 0.3) is 0 Å². The molecule has 0 amide bonds. The molecule has 0 spiro atoms. The molecule has 0 saturated heterocycles. The number of rotatable bonds is 1. The number of likely N-dealkylation sites (N-methyl/N-ethyl adjacent to an activating group) is 1. The first-order chi connectivity index (χ1) is 14.8. The number of ether oxygens (including phenoxy) is 2. The Balaban J connectivity index is 1.43. The largest absolute Gasteiger partial charge is 0.453 e. The minimum absolute atomic E-state index is 0.0157. The van der Waals surface area contributed by atoms with Gasteiger partial charge < -0.3 is 19.3 Å². The van der Waals surface area contributed by atoms with Crippen LogP contribution in [0.15, 0.2) is 109 Å². The summed E-state index contributed by atoms with van der Waals surface area (Å²) in [7, 11) is 2.08. The van der Waals surface area contributed by atoms with Crippen molar-refractivity contribution in [1.82, 2.24) is 0 Å². The highest BCUT2D eigenvalue weighted by atomic mass is 16.5. The molecule has 1 atom stereocenters. The number of para-hydroxylation sites is 6. The third-order valence-electron chi connectivity index (χ3n) is 5.72. The van der Waals surface area contributed by atoms with Gasteiger partial charge in [0.1, 0.15) is 0 Å². The van der Waals surface area contributed by atoms with Crippen molar-refractivity contribution in [2.24, 2.45) is 0 Å². The molecular formula is C26H20N2O2. The van der Waals surface area contributed by atoms with Crippen molar-refractivity contribution >= 4 is 17.1 Å². The van der Waals surface area contributed by atoms with Crippen LogP contribution in [0.5, 0.6) is 17.2 Å². The minimum Gasteiger partial charge on any atom is -0.453 e. The van der Waals surface area contributed by atoms with Crippen molar-refractivity contribution in [2.45, 2.75) is 6.04 Å². The fourth-order valence-corrected chi connectivity index (χ4v) is 4.27. The van der Waals surface area contributed by atoms with Crippen LogP contribution in [0, 0.1) is 0 Å². The van der Waals surface area contributed by atoms with Gasteiger partial charge in [0.05, 0.1) is 28.8 Å². The zero-order valence-electron chi connectivity index (χ0n) is 16.5. The van der Waals surface area contributed by atoms with E-state index in [0.29, 0.717) is 0 Å². The highest BCUT2D eigenvalue weighted by Gasteiger charge is 2.29. The molecule has 4 nitrogen and oxygen atoms in total. The normalized spacial score (nSPS) is 18.5. The molecule has 0 aromatic heterocycles. The van der Waals surface area contributed by atoms with Gasteiger partial charge in [0.15, 0.2) is 23.0 Å². The van der Waals surface area contributed by atoms with Gasteiger partial charge in [-0.2, -0.15) is 0 Å². The molecule has 1 aliphatic carbocycles. The Morgan fingerprint density at radius 1 is 0.633 bits per heavy atom. The molecular weight excluding hydrogens is 372 g/mol. The molecule has 0 fully saturated rings. The molecule has 0 radical (unpaired) electrons. The van der Waals surface area contributed by atoms with E-state index in [1.165, 1.54) is 0 Å². The molecule has 2 aliphatic heterocycles. The van der Waals surface area contributed by atoms with Gasteiger partial charge in [-0.3, -0.25) is 0 Å². The highest BCUT2D eigenvalue weighted by Crippen LogP contribution is 2.48. The second kappa shape index (κ2) is 6.56. The molecule has 1 unspecified atom stereocenters. The van der Waals surface area contributed by atoms with E-state index in [4.69, 9.17) is 9.47 Å². The fraction of sp³-hybridized carbons (Fsp3) is 0.0769. The topological polar surface area (TPSA) is 24.9 Å². The summed E-state index contributed by atoms with van der Waals surface area (Å²) < 4.78 is 12.4. The number of anilines is 3. The molecule has 0 saturated carbocycles. The van der Waals surface area contributed by atoms with Crippen LogP contribution in [0.1, 0.15) is 0 Å². The van der Waals surface area contributed by atoms with Crippen molar-refractivity contribution in [1.29, 1.82) is 0 Å². The lowest BCUT2D eigenvalue weighted by Gasteiger charge is -2.36. The number of allylic oxidation sites excluding steroid dienone is 2. The van der Waals surface area contributed by atoms with Crippen LogP contribution in [0.3, 0.4) is 0 Å². The van der Waals surface area contributed by atoms with Crippen LogP contribution in [-0.2, 0) is 0 Å². The third kappa shape index (κ3) is 2.54. The zero-order chi connectivity index (χ0) is 20.1. The van der Waals surface area contributed by atoms with E-state index in [2.05, 4.69) is 59.4 Å². The van der Waals surface area contributed by atoms with Crippen molar-refractivity contribution in [3.05, 3.63) is 109 Å². The van der Waals surface area contributed by atoms with Crippen LogP contribution >= 0.6 is 0 Å². The van der Waals surface area contributed by atoms with Crippen molar-refractivity contribution in [3.8, 4) is 17.2 Å². The lowest BCUT2D eigenvalue weighted by atomic mass is 10.1. The smallest absolute Gasteiger partial charge is 0.151 e. The van der Waals surface area contributed by atoms with Crippen LogP contribution in [-0.4, -0.2) is 13.1 Å². The lowest BCUT2D eigenvalue weighted by Crippen LogP contribution is -2.30. The molecule has 146 valence electrons. The van der Waals surface area contributed by atoms with Gasteiger partial charge in [0.2, 0.25) is 0 Å². The molecule has 0 bridgehead atoms. The number of fused-ring (bicyclic) bond motifs is 3. The summed E-state index contributed by atoms with van der Waals surface area (Å²) in [4.78, 5) is 4.49. The Bertz CT molecular complexity index is 1200. The summed E-state index contributed by atoms with van der Waals surface area (Å²) in [6.45, 7) is 0. The van der Waals surface area contributed by atoms with Crippen molar-refractivity contribution in [2.75, 3.05) is 16.8 Å². The first-order valence-electron chi connectivity index (χ1n) is 10.1. The van der Waals surface area contributed by atoms with Crippen molar-refractivity contribution < 1.29 is 9.47 Å². The molecule has 2 heterocycles. The maximum atomic E-state index is 6.22. The molecule has 3 aliphatic rings. The second-order valence-corrected chi connectivity index (χ2v) is 7.49. The summed E-state index contributed by atoms with van der Waals surface area (Å²) in [5.74, 6) is 3.45. The van der Waals surface area contributed by atoms with E-state index >= 15 is 0 Å². The number of nitrogens with zero attached hydrogens (tertiary/aromatic N) is 2. The molecule has 3 aromatic carbocycles. The summed E-state index contributed by atoms with van der Waals surface area (Å²) in [6, 6.07) is 24.5. The van der Waals surface area contributed by atoms with Crippen LogP contribution in [0.2, 0.25) is 0 Å². The maximum absolute atomic E-state index is 6.22. The predicted molar refractivity (Wildman–Crippen MR) is 120 cm³/mol. The first-order valence-corrected chi connectivity index (χ1v) is 10.1. The second-order valence-electron chi connectivity index (χ2n) is 7.49. The molecule has 0 N–H and O–H groups in total. The summed E-state index contributed by atoms with van der Waals surface area (Å²) in [5, 5.41) is 0. The Hall–Kier alpha value is -3.92. The average molecular weight is 392 g/mol. The Morgan fingerprint density at radius 2 is 1.17 bits per heavy atom. The average Bonchev–Trinajstić information content (AvgIpc) is 3.00. The van der Waals surface area contributed by atoms with Gasteiger partial charge in [-0.15, -0.1) is 0 Å². The highest BCUT2D eigenvalue weighted by molar-refractivity contribution is 5.79. The van der Waals surface area contributed by atoms with Gasteiger partial charge in [0, 0.05) is 7.05 Å². The monoisotopic (exact) mass is 392 g/mol. The van der Waals surface area contributed by atoms with Crippen molar-refractivity contribution in [3.63, 3.8) is 0 Å². The van der Waals surface area contributed by atoms with Gasteiger partial charge in [-0.05, 0) is 48.6 Å². The predicted octanol–water partition coefficient (Wildman–Crippen LogP) is 6.17. The number of benzene rings is 3. The zero-order valence-corrected chi connectivity index (χ0v) is 16.5. The van der Waals surface area contributed by atoms with Crippen LogP contribution in [0.4, 0.5) is 17.1 Å². The SMILES string of the molecule is CN1C2=C(C=CC(N3c4ccccc4Oc4ccccc43)C=C2)Oc2ccccc21. The molecule has 4 heteroatoms. The number of hydrogen-bond donors (Lipinski definition) is 0. The summed E-state index contributed by atoms with van der Waals surface area (Å²) in [6.07, 6.45) is 8.62. The quantitative estimate of drug-likeness (QED) is 0.495. The molecule has 30 heavy (non-hydrogen) atoms. The van der Waals surface area contributed by atoms with Gasteiger partial charge >= 0.3 is 0 Å². The minimum atomic E-state index is 0.0157. The van der Waals surface area contributed by atoms with E-state index in [0.717, 1.165) is 45.8 Å². The van der Waals surface area contributed by atoms with E-state index in [9.17, 15) is 0 Å². The summed E-state index contributed by atoms with van der Waals surface area (Å²) >= 11 is 0. The van der Waals surface area contributed by atoms with E-state index < -0.39 is 0 Å². The van der Waals surface area contributed by atoms with Gasteiger partial charge in [-0.1, -0.05) is 48.6 Å². The maximum Gasteiger partial charge on any atom is 0.151 e. The van der Waals surface area contributed by atoms with Crippen LogP contribution in [0.25, 0.3) is 0 Å². The lowest BCUT2D eigenvalue weighted by molar-refractivity contribution is 0.429. The van der Waals surface area contributed by atoms with Crippen LogP contribution < -0.4 is 19.3 Å². The van der Waals surface area contributed by atoms with E-state index in [1.807, 2.05) is 54.6 Å². The Morgan fingerprint density at radius 3 is 1.83 bits per heavy atom. The fourth-order valence-electron chi connectivity index (χ4n) is 4.27. The third-order valence-corrected chi connectivity index (χ3v) is 5.72. The molecule has 6 rings (SSSR count). The first kappa shape index (κ1) is 17.0. The van der Waals surface area contributed by atoms with Gasteiger partial charge in [-0.25, -0.2) is 0 Å². The molecule has 3 aromatic rings. The number of hydrogen-bond acceptors (Lipinski definition) is 4. The Labute approximate surface area is 175 Å². The Kier molecular flexibility index (Phi) is 3.71. The van der Waals surface area contributed by atoms with E-state index in [1.54, 1.807) is 0 Å². The van der Waals surface area contributed by atoms with E-state index in [-0.39, 0.29) is 6.04 Å².